The molecular weight excluding hydrogens is 325 g/mol. The van der Waals surface area contributed by atoms with E-state index < -0.39 is 27.7 Å². The Balaban J connectivity index is 2.15. The first-order valence-electron chi connectivity index (χ1n) is 6.83. The van der Waals surface area contributed by atoms with Crippen molar-refractivity contribution in [2.75, 3.05) is 6.54 Å². The number of halogens is 1. The number of rotatable bonds is 7. The number of carboxylic acids is 1. The molecule has 124 valence electrons. The quantitative estimate of drug-likeness (QED) is 0.788. The van der Waals surface area contributed by atoms with Gasteiger partial charge in [-0.3, -0.25) is 4.79 Å². The van der Waals surface area contributed by atoms with Crippen LogP contribution in [0.25, 0.3) is 0 Å². The number of hydrogen-bond acceptors (Lipinski definition) is 4. The lowest BCUT2D eigenvalue weighted by Crippen LogP contribution is -2.32. The molecule has 2 N–H and O–H groups in total. The first-order valence-corrected chi connectivity index (χ1v) is 8.31. The van der Waals surface area contributed by atoms with Crippen molar-refractivity contribution in [1.82, 2.24) is 14.3 Å². The van der Waals surface area contributed by atoms with Crippen molar-refractivity contribution in [1.29, 1.82) is 0 Å². The molecule has 0 aliphatic heterocycles. The van der Waals surface area contributed by atoms with Crippen LogP contribution in [0.2, 0.25) is 0 Å². The zero-order chi connectivity index (χ0) is 17.0. The second-order valence-corrected chi connectivity index (χ2v) is 6.55. The summed E-state index contributed by atoms with van der Waals surface area (Å²) in [5.74, 6) is -2.83. The largest absolute Gasteiger partial charge is 0.481 e. The van der Waals surface area contributed by atoms with E-state index in [0.29, 0.717) is 12.1 Å². The number of nitrogens with zero attached hydrogens (tertiary/aromatic N) is 2. The van der Waals surface area contributed by atoms with Crippen molar-refractivity contribution in [3.63, 3.8) is 0 Å². The number of carboxylic acid groups (broad SMARTS) is 1. The fourth-order valence-corrected chi connectivity index (χ4v) is 2.96. The highest BCUT2D eigenvalue weighted by molar-refractivity contribution is 7.89. The molecule has 0 fully saturated rings. The van der Waals surface area contributed by atoms with E-state index >= 15 is 0 Å². The molecule has 1 atom stereocenters. The SMILES string of the molecule is CCn1cnc(S(=O)(=O)NCC(C(=O)O)c2ccc(F)cc2)c1. The molecule has 7 nitrogen and oxygen atoms in total. The number of carbonyl (C=O) groups is 1. The molecule has 0 spiro atoms. The Kier molecular flexibility index (Phi) is 5.12. The Labute approximate surface area is 132 Å². The summed E-state index contributed by atoms with van der Waals surface area (Å²) in [6.07, 6.45) is 2.74. The summed E-state index contributed by atoms with van der Waals surface area (Å²) < 4.78 is 41.0. The Bertz CT molecular complexity index is 787. The third kappa shape index (κ3) is 4.14. The Morgan fingerprint density at radius 2 is 2.04 bits per heavy atom. The van der Waals surface area contributed by atoms with Gasteiger partial charge >= 0.3 is 5.97 Å². The summed E-state index contributed by atoms with van der Waals surface area (Å²) in [6, 6.07) is 4.88. The fourth-order valence-electron chi connectivity index (χ4n) is 1.96. The van der Waals surface area contributed by atoms with E-state index in [1.807, 2.05) is 6.92 Å². The number of aromatic nitrogens is 2. The van der Waals surface area contributed by atoms with Crippen LogP contribution in [-0.4, -0.2) is 35.6 Å². The third-order valence-electron chi connectivity index (χ3n) is 3.30. The van der Waals surface area contributed by atoms with E-state index in [9.17, 15) is 22.7 Å². The van der Waals surface area contributed by atoms with Gasteiger partial charge in [0.05, 0.1) is 12.2 Å². The van der Waals surface area contributed by atoms with E-state index in [1.165, 1.54) is 24.7 Å². The molecule has 1 aromatic carbocycles. The van der Waals surface area contributed by atoms with Gasteiger partial charge in [-0.2, -0.15) is 0 Å². The predicted octanol–water partition coefficient (Wildman–Crippen LogP) is 1.19. The molecule has 9 heteroatoms. The van der Waals surface area contributed by atoms with Crippen LogP contribution in [0.1, 0.15) is 18.4 Å². The smallest absolute Gasteiger partial charge is 0.312 e. The minimum absolute atomic E-state index is 0.178. The van der Waals surface area contributed by atoms with Crippen LogP contribution in [0, 0.1) is 5.82 Å². The molecule has 2 rings (SSSR count). The molecule has 0 saturated heterocycles. The number of aliphatic carboxylic acids is 1. The zero-order valence-electron chi connectivity index (χ0n) is 12.3. The summed E-state index contributed by atoms with van der Waals surface area (Å²) in [7, 11) is -3.91. The summed E-state index contributed by atoms with van der Waals surface area (Å²) in [5.41, 5.74) is 0.306. The van der Waals surface area contributed by atoms with Gasteiger partial charge in [-0.1, -0.05) is 12.1 Å². The molecule has 0 amide bonds. The maximum Gasteiger partial charge on any atom is 0.312 e. The highest BCUT2D eigenvalue weighted by Gasteiger charge is 2.24. The topological polar surface area (TPSA) is 101 Å². The second kappa shape index (κ2) is 6.88. The van der Waals surface area contributed by atoms with Crippen LogP contribution in [0.5, 0.6) is 0 Å². The molecule has 2 aromatic rings. The molecule has 0 saturated carbocycles. The van der Waals surface area contributed by atoms with Crippen molar-refractivity contribution >= 4 is 16.0 Å². The number of benzene rings is 1. The fraction of sp³-hybridized carbons (Fsp3) is 0.286. The van der Waals surface area contributed by atoms with E-state index in [0.717, 1.165) is 12.1 Å². The standard InChI is InChI=1S/C14H16FN3O4S/c1-2-18-8-13(16-9-18)23(21,22)17-7-12(14(19)20)10-3-5-11(15)6-4-10/h3-6,8-9,12,17H,2,7H2,1H3,(H,19,20). The minimum atomic E-state index is -3.91. The molecule has 23 heavy (non-hydrogen) atoms. The molecule has 1 unspecified atom stereocenters. The van der Waals surface area contributed by atoms with Gasteiger partial charge in [0.1, 0.15) is 5.82 Å². The second-order valence-electron chi connectivity index (χ2n) is 4.84. The lowest BCUT2D eigenvalue weighted by atomic mass is 10.00. The van der Waals surface area contributed by atoms with Crippen molar-refractivity contribution in [2.24, 2.45) is 0 Å². The summed E-state index contributed by atoms with van der Waals surface area (Å²) in [6.45, 7) is 2.04. The van der Waals surface area contributed by atoms with Crippen LogP contribution >= 0.6 is 0 Å². The normalized spacial score (nSPS) is 13.0. The lowest BCUT2D eigenvalue weighted by molar-refractivity contribution is -0.138. The van der Waals surface area contributed by atoms with Gasteiger partial charge in [0.15, 0.2) is 5.03 Å². The van der Waals surface area contributed by atoms with Gasteiger partial charge in [-0.05, 0) is 24.6 Å². The molecule has 0 aliphatic rings. The molecule has 0 bridgehead atoms. The van der Waals surface area contributed by atoms with Crippen molar-refractivity contribution < 1.29 is 22.7 Å². The molecule has 1 heterocycles. The molecule has 0 radical (unpaired) electrons. The Hall–Kier alpha value is -2.26. The summed E-state index contributed by atoms with van der Waals surface area (Å²) in [4.78, 5) is 15.1. The number of imidazole rings is 1. The van der Waals surface area contributed by atoms with Crippen LogP contribution in [0.3, 0.4) is 0 Å². The molecule has 1 aromatic heterocycles. The lowest BCUT2D eigenvalue weighted by Gasteiger charge is -2.13. The van der Waals surface area contributed by atoms with Crippen LogP contribution in [0.15, 0.2) is 41.8 Å². The zero-order valence-corrected chi connectivity index (χ0v) is 13.1. The van der Waals surface area contributed by atoms with Crippen LogP contribution in [-0.2, 0) is 21.4 Å². The molecular formula is C14H16FN3O4S. The van der Waals surface area contributed by atoms with Gasteiger partial charge in [-0.25, -0.2) is 22.5 Å². The monoisotopic (exact) mass is 341 g/mol. The van der Waals surface area contributed by atoms with Crippen molar-refractivity contribution in [3.8, 4) is 0 Å². The van der Waals surface area contributed by atoms with E-state index in [-0.39, 0.29) is 11.6 Å². The van der Waals surface area contributed by atoms with E-state index in [1.54, 1.807) is 4.57 Å². The van der Waals surface area contributed by atoms with Gasteiger partial charge in [0, 0.05) is 19.3 Å². The first-order chi connectivity index (χ1) is 10.8. The van der Waals surface area contributed by atoms with E-state index in [4.69, 9.17) is 0 Å². The average molecular weight is 341 g/mol. The number of hydrogen-bond donors (Lipinski definition) is 2. The summed E-state index contributed by atoms with van der Waals surface area (Å²) >= 11 is 0. The first kappa shape index (κ1) is 17.1. The van der Waals surface area contributed by atoms with Gasteiger partial charge in [0.2, 0.25) is 0 Å². The molecule has 0 aliphatic carbocycles. The minimum Gasteiger partial charge on any atom is -0.481 e. The van der Waals surface area contributed by atoms with Gasteiger partial charge < -0.3 is 9.67 Å². The highest BCUT2D eigenvalue weighted by atomic mass is 32.2. The van der Waals surface area contributed by atoms with Crippen molar-refractivity contribution in [2.45, 2.75) is 24.4 Å². The Morgan fingerprint density at radius 3 is 2.57 bits per heavy atom. The van der Waals surface area contributed by atoms with Gasteiger partial charge in [-0.15, -0.1) is 0 Å². The number of sulfonamides is 1. The van der Waals surface area contributed by atoms with Crippen LogP contribution < -0.4 is 4.72 Å². The number of nitrogens with one attached hydrogen (secondary N) is 1. The Morgan fingerprint density at radius 1 is 1.39 bits per heavy atom. The van der Waals surface area contributed by atoms with E-state index in [2.05, 4.69) is 9.71 Å². The van der Waals surface area contributed by atoms with Crippen LogP contribution in [0.4, 0.5) is 4.39 Å². The predicted molar refractivity (Wildman–Crippen MR) is 79.9 cm³/mol. The summed E-state index contributed by atoms with van der Waals surface area (Å²) in [5, 5.41) is 9.08. The van der Waals surface area contributed by atoms with Crippen molar-refractivity contribution in [3.05, 3.63) is 48.2 Å². The average Bonchev–Trinajstić information content (AvgIpc) is 2.98. The number of aryl methyl sites for hydroxylation is 1. The van der Waals surface area contributed by atoms with Gasteiger partial charge in [0.25, 0.3) is 10.0 Å². The highest BCUT2D eigenvalue weighted by Crippen LogP contribution is 2.17. The maximum atomic E-state index is 12.9. The maximum absolute atomic E-state index is 12.9. The third-order valence-corrected chi connectivity index (χ3v) is 4.61.